The van der Waals surface area contributed by atoms with Crippen molar-refractivity contribution in [2.45, 2.75) is 46.5 Å². The van der Waals surface area contributed by atoms with E-state index in [2.05, 4.69) is 60.7 Å². The molecule has 0 saturated heterocycles. The van der Waals surface area contributed by atoms with Crippen LogP contribution < -0.4 is 0 Å². The number of thiophene rings is 1. The van der Waals surface area contributed by atoms with Crippen molar-refractivity contribution in [3.8, 4) is 10.6 Å². The average molecular weight is 429 g/mol. The van der Waals surface area contributed by atoms with Crippen molar-refractivity contribution in [3.05, 3.63) is 45.8 Å². The minimum Gasteiger partial charge on any atom is -0.245 e. The fraction of sp³-hybridized carbons (Fsp3) is 0.350. The summed E-state index contributed by atoms with van der Waals surface area (Å²) in [7, 11) is 0. The predicted molar refractivity (Wildman–Crippen MR) is 112 cm³/mol. The van der Waals surface area contributed by atoms with Gasteiger partial charge in [0.2, 0.25) is 0 Å². The molecule has 4 aromatic rings. The number of aryl methyl sites for hydroxylation is 2. The van der Waals surface area contributed by atoms with Crippen molar-refractivity contribution >= 4 is 43.1 Å². The van der Waals surface area contributed by atoms with Crippen LogP contribution in [-0.4, -0.2) is 19.6 Å². The van der Waals surface area contributed by atoms with E-state index >= 15 is 0 Å². The highest BCUT2D eigenvalue weighted by atomic mass is 79.9. The molecule has 0 saturated carbocycles. The number of aromatic nitrogens is 4. The molecule has 0 atom stereocenters. The molecule has 0 N–H and O–H groups in total. The number of hydrogen-bond donors (Lipinski definition) is 0. The van der Waals surface area contributed by atoms with Crippen LogP contribution in [-0.2, 0) is 0 Å². The molecule has 0 radical (unpaired) electrons. The standard InChI is InChI=1S/C20H21BrN4S/c1-5-13(6-2)15-10-11(3)24-25-17(12(4)23-19(15)25)18-16(21)14-8-7-9-22-20(14)26-18/h7-10,13H,5-6H2,1-4H3. The number of fused-ring (bicyclic) bond motifs is 2. The van der Waals surface area contributed by atoms with E-state index in [0.29, 0.717) is 5.92 Å². The van der Waals surface area contributed by atoms with Crippen molar-refractivity contribution in [3.63, 3.8) is 0 Å². The van der Waals surface area contributed by atoms with Gasteiger partial charge < -0.3 is 0 Å². The SMILES string of the molecule is CCC(CC)c1cc(C)nn2c(-c3sc4ncccc4c3Br)c(C)nc12. The summed E-state index contributed by atoms with van der Waals surface area (Å²) in [6.45, 7) is 8.61. The Morgan fingerprint density at radius 2 is 2.00 bits per heavy atom. The lowest BCUT2D eigenvalue weighted by Gasteiger charge is -2.14. The van der Waals surface area contributed by atoms with E-state index in [1.165, 1.54) is 5.56 Å². The zero-order valence-electron chi connectivity index (χ0n) is 15.4. The summed E-state index contributed by atoms with van der Waals surface area (Å²) in [6.07, 6.45) is 4.05. The van der Waals surface area contributed by atoms with Gasteiger partial charge >= 0.3 is 0 Å². The molecule has 4 nitrogen and oxygen atoms in total. The second-order valence-corrected chi connectivity index (χ2v) is 8.43. The van der Waals surface area contributed by atoms with Crippen molar-refractivity contribution in [2.75, 3.05) is 0 Å². The Kier molecular flexibility index (Phi) is 4.57. The van der Waals surface area contributed by atoms with Gasteiger partial charge in [-0.1, -0.05) is 13.8 Å². The summed E-state index contributed by atoms with van der Waals surface area (Å²) in [5, 5.41) is 5.95. The van der Waals surface area contributed by atoms with E-state index in [-0.39, 0.29) is 0 Å². The van der Waals surface area contributed by atoms with Crippen LogP contribution in [0.5, 0.6) is 0 Å². The minimum atomic E-state index is 0.501. The molecule has 0 amide bonds. The van der Waals surface area contributed by atoms with Crippen LogP contribution in [0.1, 0.15) is 49.6 Å². The first-order valence-corrected chi connectivity index (χ1v) is 10.6. The number of rotatable bonds is 4. The van der Waals surface area contributed by atoms with Gasteiger partial charge in [-0.3, -0.25) is 0 Å². The highest BCUT2D eigenvalue weighted by Gasteiger charge is 2.23. The Hall–Kier alpha value is -1.79. The highest BCUT2D eigenvalue weighted by Crippen LogP contribution is 2.43. The quantitative estimate of drug-likeness (QED) is 0.383. The molecule has 0 fully saturated rings. The zero-order valence-corrected chi connectivity index (χ0v) is 17.8. The molecular formula is C20H21BrN4S. The lowest BCUT2D eigenvalue weighted by Crippen LogP contribution is -2.04. The van der Waals surface area contributed by atoms with Gasteiger partial charge in [0.1, 0.15) is 10.5 Å². The molecule has 0 aliphatic carbocycles. The van der Waals surface area contributed by atoms with Crippen molar-refractivity contribution in [2.24, 2.45) is 0 Å². The van der Waals surface area contributed by atoms with Crippen LogP contribution in [0.4, 0.5) is 0 Å². The first-order valence-electron chi connectivity index (χ1n) is 8.95. The number of nitrogens with zero attached hydrogens (tertiary/aromatic N) is 4. The monoisotopic (exact) mass is 428 g/mol. The Morgan fingerprint density at radius 1 is 1.23 bits per heavy atom. The van der Waals surface area contributed by atoms with Gasteiger partial charge in [-0.25, -0.2) is 14.5 Å². The number of hydrogen-bond acceptors (Lipinski definition) is 4. The third kappa shape index (κ3) is 2.67. The fourth-order valence-corrected chi connectivity index (χ4v) is 5.62. The van der Waals surface area contributed by atoms with Gasteiger partial charge in [0.05, 0.1) is 16.3 Å². The fourth-order valence-electron chi connectivity index (χ4n) is 3.62. The van der Waals surface area contributed by atoms with E-state index in [1.54, 1.807) is 11.3 Å². The first kappa shape index (κ1) is 17.6. The molecule has 134 valence electrons. The maximum atomic E-state index is 4.92. The topological polar surface area (TPSA) is 43.1 Å². The Labute approximate surface area is 165 Å². The summed E-state index contributed by atoms with van der Waals surface area (Å²) in [4.78, 5) is 11.6. The molecule has 0 spiro atoms. The van der Waals surface area contributed by atoms with Crippen LogP contribution in [0.25, 0.3) is 26.4 Å². The van der Waals surface area contributed by atoms with Crippen LogP contribution in [0.15, 0.2) is 28.9 Å². The van der Waals surface area contributed by atoms with Crippen LogP contribution in [0, 0.1) is 13.8 Å². The van der Waals surface area contributed by atoms with Crippen molar-refractivity contribution in [1.29, 1.82) is 0 Å². The third-order valence-electron chi connectivity index (χ3n) is 4.96. The van der Waals surface area contributed by atoms with Crippen LogP contribution in [0.2, 0.25) is 0 Å². The average Bonchev–Trinajstić information content (AvgIpc) is 3.13. The molecule has 0 unspecified atom stereocenters. The molecule has 4 heterocycles. The molecule has 6 heteroatoms. The maximum Gasteiger partial charge on any atom is 0.158 e. The largest absolute Gasteiger partial charge is 0.245 e. The summed E-state index contributed by atoms with van der Waals surface area (Å²) < 4.78 is 3.11. The van der Waals surface area contributed by atoms with Gasteiger partial charge in [-0.2, -0.15) is 5.10 Å². The van der Waals surface area contributed by atoms with Gasteiger partial charge in [0.25, 0.3) is 0 Å². The van der Waals surface area contributed by atoms with E-state index < -0.39 is 0 Å². The van der Waals surface area contributed by atoms with Crippen molar-refractivity contribution < 1.29 is 0 Å². The van der Waals surface area contributed by atoms with Gasteiger partial charge in [-0.15, -0.1) is 11.3 Å². The molecule has 0 aliphatic heterocycles. The smallest absolute Gasteiger partial charge is 0.158 e. The first-order chi connectivity index (χ1) is 12.5. The minimum absolute atomic E-state index is 0.501. The van der Waals surface area contributed by atoms with E-state index in [0.717, 1.165) is 55.1 Å². The Balaban J connectivity index is 2.04. The Morgan fingerprint density at radius 3 is 2.69 bits per heavy atom. The molecule has 0 aromatic carbocycles. The number of pyridine rings is 1. The molecule has 0 aliphatic rings. The second-order valence-electron chi connectivity index (χ2n) is 6.64. The second kappa shape index (κ2) is 6.74. The lowest BCUT2D eigenvalue weighted by molar-refractivity contribution is 0.638. The molecule has 4 aromatic heterocycles. The summed E-state index contributed by atoms with van der Waals surface area (Å²) >= 11 is 5.47. The van der Waals surface area contributed by atoms with Crippen LogP contribution >= 0.6 is 27.3 Å². The van der Waals surface area contributed by atoms with Crippen molar-refractivity contribution in [1.82, 2.24) is 19.6 Å². The molecular weight excluding hydrogens is 408 g/mol. The highest BCUT2D eigenvalue weighted by molar-refractivity contribution is 9.10. The van der Waals surface area contributed by atoms with Crippen LogP contribution in [0.3, 0.4) is 0 Å². The predicted octanol–water partition coefficient (Wildman–Crippen LogP) is 6.29. The summed E-state index contributed by atoms with van der Waals surface area (Å²) in [5.74, 6) is 0.501. The maximum absolute atomic E-state index is 4.92. The number of imidazole rings is 1. The van der Waals surface area contributed by atoms with E-state index in [1.807, 2.05) is 16.8 Å². The third-order valence-corrected chi connectivity index (χ3v) is 7.16. The molecule has 0 bridgehead atoms. The van der Waals surface area contributed by atoms with E-state index in [9.17, 15) is 0 Å². The van der Waals surface area contributed by atoms with E-state index in [4.69, 9.17) is 10.1 Å². The Bertz CT molecular complexity index is 1110. The molecule has 26 heavy (non-hydrogen) atoms. The zero-order chi connectivity index (χ0) is 18.4. The number of halogens is 1. The lowest BCUT2D eigenvalue weighted by atomic mass is 9.95. The molecule has 4 rings (SSSR count). The van der Waals surface area contributed by atoms with Gasteiger partial charge in [0.15, 0.2) is 5.65 Å². The van der Waals surface area contributed by atoms with Gasteiger partial charge in [0, 0.05) is 21.6 Å². The summed E-state index contributed by atoms with van der Waals surface area (Å²) in [6, 6.07) is 6.27. The normalized spacial score (nSPS) is 11.9. The summed E-state index contributed by atoms with van der Waals surface area (Å²) in [5.41, 5.74) is 5.36. The van der Waals surface area contributed by atoms with Gasteiger partial charge in [-0.05, 0) is 66.7 Å².